The number of para-hydroxylation sites is 1. The summed E-state index contributed by atoms with van der Waals surface area (Å²) in [6, 6.07) is 13.1. The van der Waals surface area contributed by atoms with Crippen molar-refractivity contribution >= 4 is 12.1 Å². The monoisotopic (exact) mass is 412 g/mol. The number of aryl methyl sites for hydroxylation is 1. The summed E-state index contributed by atoms with van der Waals surface area (Å²) in [5, 5.41) is 12.6. The van der Waals surface area contributed by atoms with Crippen molar-refractivity contribution < 1.29 is 24.2 Å². The fraction of sp³-hybridized carbons (Fsp3) is 0.391. The molecule has 0 aliphatic heterocycles. The Labute approximate surface area is 176 Å². The molecular weight excluding hydrogens is 384 g/mol. The second-order valence-corrected chi connectivity index (χ2v) is 8.50. The summed E-state index contributed by atoms with van der Waals surface area (Å²) >= 11 is 0. The molecule has 0 heterocycles. The zero-order valence-electron chi connectivity index (χ0n) is 17.5. The summed E-state index contributed by atoms with van der Waals surface area (Å²) in [7, 11) is 0. The molecule has 7 heteroatoms. The molecule has 0 unspecified atom stereocenters. The molecule has 30 heavy (non-hydrogen) atoms. The molecule has 1 aliphatic carbocycles. The van der Waals surface area contributed by atoms with Gasteiger partial charge in [-0.1, -0.05) is 30.3 Å². The number of hydrogen-bond donors (Lipinski definition) is 3. The van der Waals surface area contributed by atoms with Crippen LogP contribution in [-0.4, -0.2) is 28.3 Å². The van der Waals surface area contributed by atoms with E-state index in [4.69, 9.17) is 15.2 Å². The number of benzene rings is 2. The molecule has 0 spiro atoms. The van der Waals surface area contributed by atoms with Crippen LogP contribution in [0, 0.1) is 0 Å². The molecule has 3 rings (SSSR count). The maximum atomic E-state index is 12.4. The van der Waals surface area contributed by atoms with Crippen molar-refractivity contribution in [3.63, 3.8) is 0 Å². The minimum Gasteiger partial charge on any atom is -0.479 e. The molecule has 160 valence electrons. The lowest BCUT2D eigenvalue weighted by Gasteiger charge is -2.36. The smallest absolute Gasteiger partial charge is 0.408 e. The van der Waals surface area contributed by atoms with Crippen molar-refractivity contribution in [3.8, 4) is 11.5 Å². The highest BCUT2D eigenvalue weighted by Gasteiger charge is 2.44. The molecule has 1 atom stereocenters. The first-order valence-corrected chi connectivity index (χ1v) is 9.95. The first-order chi connectivity index (χ1) is 14.1. The van der Waals surface area contributed by atoms with Crippen molar-refractivity contribution in [1.82, 2.24) is 5.32 Å². The Morgan fingerprint density at radius 1 is 1.13 bits per heavy atom. The fourth-order valence-electron chi connectivity index (χ4n) is 3.61. The van der Waals surface area contributed by atoms with Gasteiger partial charge in [-0.3, -0.25) is 0 Å². The summed E-state index contributed by atoms with van der Waals surface area (Å²) in [6.07, 6.45) is 0.0999. The highest BCUT2D eigenvalue weighted by Crippen LogP contribution is 2.37. The number of ether oxygens (including phenoxy) is 2. The van der Waals surface area contributed by atoms with Crippen molar-refractivity contribution in [2.24, 2.45) is 5.73 Å². The van der Waals surface area contributed by atoms with Crippen molar-refractivity contribution in [3.05, 3.63) is 59.2 Å². The van der Waals surface area contributed by atoms with Crippen molar-refractivity contribution in [2.45, 2.75) is 57.7 Å². The van der Waals surface area contributed by atoms with E-state index in [0.29, 0.717) is 24.5 Å². The van der Waals surface area contributed by atoms with Crippen LogP contribution in [0.2, 0.25) is 0 Å². The number of hydrogen-bond acceptors (Lipinski definition) is 5. The number of aliphatic carboxylic acids is 1. The molecular formula is C23H28N2O5. The van der Waals surface area contributed by atoms with Gasteiger partial charge in [0.25, 0.3) is 0 Å². The molecule has 0 saturated carbocycles. The molecule has 1 aliphatic rings. The Morgan fingerprint density at radius 2 is 1.83 bits per heavy atom. The predicted octanol–water partition coefficient (Wildman–Crippen LogP) is 3.77. The second-order valence-electron chi connectivity index (χ2n) is 8.50. The van der Waals surface area contributed by atoms with Gasteiger partial charge in [0, 0.05) is 24.1 Å². The van der Waals surface area contributed by atoms with E-state index in [0.717, 1.165) is 16.7 Å². The van der Waals surface area contributed by atoms with Crippen LogP contribution in [0.4, 0.5) is 4.79 Å². The van der Waals surface area contributed by atoms with Gasteiger partial charge in [-0.2, -0.15) is 0 Å². The number of nitrogens with one attached hydrogen (secondary N) is 1. The normalized spacial score (nSPS) is 18.3. The molecule has 0 radical (unpaired) electrons. The second kappa shape index (κ2) is 8.36. The maximum Gasteiger partial charge on any atom is 0.408 e. The number of carboxylic acid groups (broad SMARTS) is 1. The van der Waals surface area contributed by atoms with E-state index in [1.54, 1.807) is 26.8 Å². The van der Waals surface area contributed by atoms with Gasteiger partial charge in [0.15, 0.2) is 0 Å². The molecule has 0 fully saturated rings. The lowest BCUT2D eigenvalue weighted by molar-refractivity contribution is -0.145. The Balaban J connectivity index is 1.92. The zero-order chi connectivity index (χ0) is 21.9. The molecule has 0 aromatic heterocycles. The van der Waals surface area contributed by atoms with E-state index in [1.165, 1.54) is 0 Å². The number of alkyl carbamates (subject to hydrolysis) is 1. The summed E-state index contributed by atoms with van der Waals surface area (Å²) in [5.74, 6) is 0.0842. The summed E-state index contributed by atoms with van der Waals surface area (Å²) < 4.78 is 11.4. The largest absolute Gasteiger partial charge is 0.479 e. The first kappa shape index (κ1) is 21.6. The SMILES string of the molecule is CC(C)(C)OC(=O)N[C@]1(C(=O)O)CCc2cccc(Oc3ccccc3CN)c2C1. The van der Waals surface area contributed by atoms with Crippen molar-refractivity contribution in [2.75, 3.05) is 0 Å². The van der Waals surface area contributed by atoms with Gasteiger partial charge in [0.2, 0.25) is 0 Å². The third-order valence-electron chi connectivity index (χ3n) is 5.09. The molecule has 0 saturated heterocycles. The average molecular weight is 412 g/mol. The lowest BCUT2D eigenvalue weighted by Crippen LogP contribution is -2.58. The van der Waals surface area contributed by atoms with Crippen LogP contribution in [0.1, 0.15) is 43.9 Å². The standard InChI is InChI=1S/C23H28N2O5/c1-22(2,3)30-21(28)25-23(20(26)27)12-11-15-8-6-10-19(17(15)13-23)29-18-9-5-4-7-16(18)14-24/h4-10H,11-14,24H2,1-3H3,(H,25,28)(H,26,27)/t23-/m1/s1. The molecule has 7 nitrogen and oxygen atoms in total. The van der Waals surface area contributed by atoms with Crippen LogP contribution in [0.3, 0.4) is 0 Å². The third-order valence-corrected chi connectivity index (χ3v) is 5.09. The quantitative estimate of drug-likeness (QED) is 0.689. The Morgan fingerprint density at radius 3 is 2.50 bits per heavy atom. The van der Waals surface area contributed by atoms with E-state index in [-0.39, 0.29) is 12.8 Å². The van der Waals surface area contributed by atoms with Crippen LogP contribution in [0.5, 0.6) is 11.5 Å². The third kappa shape index (κ3) is 4.74. The number of carbonyl (C=O) groups is 2. The highest BCUT2D eigenvalue weighted by atomic mass is 16.6. The summed E-state index contributed by atoms with van der Waals surface area (Å²) in [6.45, 7) is 5.52. The van der Waals surface area contributed by atoms with Crippen LogP contribution in [-0.2, 0) is 28.9 Å². The number of carboxylic acids is 1. The van der Waals surface area contributed by atoms with Gasteiger partial charge in [-0.05, 0) is 51.3 Å². The minimum atomic E-state index is -1.47. The molecule has 2 aromatic rings. The van der Waals surface area contributed by atoms with Gasteiger partial charge in [0.1, 0.15) is 22.6 Å². The van der Waals surface area contributed by atoms with Crippen LogP contribution < -0.4 is 15.8 Å². The fourth-order valence-corrected chi connectivity index (χ4v) is 3.61. The van der Waals surface area contributed by atoms with Gasteiger partial charge in [-0.15, -0.1) is 0 Å². The minimum absolute atomic E-state index is 0.0951. The van der Waals surface area contributed by atoms with Crippen LogP contribution in [0.25, 0.3) is 0 Å². The first-order valence-electron chi connectivity index (χ1n) is 9.95. The van der Waals surface area contributed by atoms with Gasteiger partial charge < -0.3 is 25.6 Å². The van der Waals surface area contributed by atoms with E-state index >= 15 is 0 Å². The Kier molecular flexibility index (Phi) is 6.03. The summed E-state index contributed by atoms with van der Waals surface area (Å²) in [4.78, 5) is 24.6. The number of carbonyl (C=O) groups excluding carboxylic acids is 1. The number of rotatable bonds is 5. The average Bonchev–Trinajstić information content (AvgIpc) is 2.67. The molecule has 4 N–H and O–H groups in total. The van der Waals surface area contributed by atoms with Crippen LogP contribution >= 0.6 is 0 Å². The van der Waals surface area contributed by atoms with E-state index in [1.807, 2.05) is 36.4 Å². The van der Waals surface area contributed by atoms with E-state index in [9.17, 15) is 14.7 Å². The predicted molar refractivity (Wildman–Crippen MR) is 113 cm³/mol. The summed E-state index contributed by atoms with van der Waals surface area (Å²) in [5.41, 5.74) is 6.22. The van der Waals surface area contributed by atoms with E-state index in [2.05, 4.69) is 5.32 Å². The topological polar surface area (TPSA) is 111 Å². The Hall–Kier alpha value is -3.06. The number of amides is 1. The Bertz CT molecular complexity index is 951. The van der Waals surface area contributed by atoms with Crippen LogP contribution in [0.15, 0.2) is 42.5 Å². The number of nitrogens with two attached hydrogens (primary N) is 1. The van der Waals surface area contributed by atoms with Gasteiger partial charge in [0.05, 0.1) is 0 Å². The molecule has 2 aromatic carbocycles. The van der Waals surface area contributed by atoms with Gasteiger partial charge >= 0.3 is 12.1 Å². The maximum absolute atomic E-state index is 12.4. The van der Waals surface area contributed by atoms with Gasteiger partial charge in [-0.25, -0.2) is 9.59 Å². The number of fused-ring (bicyclic) bond motifs is 1. The zero-order valence-corrected chi connectivity index (χ0v) is 17.5. The lowest BCUT2D eigenvalue weighted by atomic mass is 9.77. The highest BCUT2D eigenvalue weighted by molar-refractivity contribution is 5.85. The van der Waals surface area contributed by atoms with Crippen molar-refractivity contribution in [1.29, 1.82) is 0 Å². The molecule has 0 bridgehead atoms. The molecule has 1 amide bonds. The van der Waals surface area contributed by atoms with E-state index < -0.39 is 23.2 Å².